The van der Waals surface area contributed by atoms with Crippen molar-refractivity contribution in [3.05, 3.63) is 23.8 Å². The number of esters is 1. The van der Waals surface area contributed by atoms with Crippen LogP contribution in [0.3, 0.4) is 0 Å². The zero-order valence-corrected chi connectivity index (χ0v) is 11.0. The molecule has 0 saturated carbocycles. The summed E-state index contributed by atoms with van der Waals surface area (Å²) in [6, 6.07) is 4.87. The molecular formula is C15H16O4. The first-order chi connectivity index (χ1) is 9.11. The molecule has 0 aromatic heterocycles. The summed E-state index contributed by atoms with van der Waals surface area (Å²) in [7, 11) is 0. The third-order valence-corrected chi connectivity index (χ3v) is 3.07. The van der Waals surface area contributed by atoms with Crippen molar-refractivity contribution in [3.63, 3.8) is 0 Å². The largest absolute Gasteiger partial charge is 0.508 e. The van der Waals surface area contributed by atoms with E-state index in [4.69, 9.17) is 9.47 Å². The minimum Gasteiger partial charge on any atom is -0.508 e. The number of carbonyl (C=O) groups is 1. The third-order valence-electron chi connectivity index (χ3n) is 3.07. The van der Waals surface area contributed by atoms with Crippen LogP contribution in [0.15, 0.2) is 18.2 Å². The summed E-state index contributed by atoms with van der Waals surface area (Å²) >= 11 is 0. The number of phenolic OH excluding ortho intramolecular Hbond substituents is 1. The van der Waals surface area contributed by atoms with Gasteiger partial charge in [-0.15, -0.1) is 5.92 Å². The van der Waals surface area contributed by atoms with E-state index < -0.39 is 5.41 Å². The molecule has 19 heavy (non-hydrogen) atoms. The average molecular weight is 260 g/mol. The highest BCUT2D eigenvalue weighted by atomic mass is 16.5. The molecule has 1 heterocycles. The summed E-state index contributed by atoms with van der Waals surface area (Å²) in [5.41, 5.74) is 0.150. The standard InChI is InChI=1S/C15H16O4/c1-3-7-15(9-14(17)18-4-2)10-19-13-8-11(16)5-6-12(13)15/h5-6,8,16H,4,9-10H2,1-2H3. The topological polar surface area (TPSA) is 55.8 Å². The van der Waals surface area contributed by atoms with Crippen LogP contribution < -0.4 is 4.74 Å². The van der Waals surface area contributed by atoms with Gasteiger partial charge < -0.3 is 14.6 Å². The van der Waals surface area contributed by atoms with Gasteiger partial charge in [0.05, 0.1) is 13.0 Å². The molecule has 0 amide bonds. The predicted molar refractivity (Wildman–Crippen MR) is 70.0 cm³/mol. The van der Waals surface area contributed by atoms with Gasteiger partial charge in [-0.1, -0.05) is 5.92 Å². The van der Waals surface area contributed by atoms with Gasteiger partial charge in [0.25, 0.3) is 0 Å². The normalized spacial score (nSPS) is 19.9. The maximum absolute atomic E-state index is 11.8. The van der Waals surface area contributed by atoms with Crippen molar-refractivity contribution >= 4 is 5.97 Å². The Labute approximate surface area is 112 Å². The monoisotopic (exact) mass is 260 g/mol. The van der Waals surface area contributed by atoms with Gasteiger partial charge in [0, 0.05) is 11.6 Å². The van der Waals surface area contributed by atoms with Gasteiger partial charge in [-0.25, -0.2) is 0 Å². The van der Waals surface area contributed by atoms with E-state index >= 15 is 0 Å². The maximum Gasteiger partial charge on any atom is 0.307 e. The SMILES string of the molecule is CC#CC1(CC(=O)OCC)COc2cc(O)ccc21. The second-order valence-corrected chi connectivity index (χ2v) is 4.41. The van der Waals surface area contributed by atoms with E-state index in [0.29, 0.717) is 19.0 Å². The highest BCUT2D eigenvalue weighted by Crippen LogP contribution is 2.42. The zero-order chi connectivity index (χ0) is 13.9. The molecule has 0 saturated heterocycles. The Bertz CT molecular complexity index is 553. The van der Waals surface area contributed by atoms with Crippen LogP contribution in [0.4, 0.5) is 0 Å². The lowest BCUT2D eigenvalue weighted by Crippen LogP contribution is -2.30. The van der Waals surface area contributed by atoms with Crippen molar-refractivity contribution in [2.45, 2.75) is 25.7 Å². The van der Waals surface area contributed by atoms with Crippen LogP contribution in [-0.2, 0) is 14.9 Å². The van der Waals surface area contributed by atoms with E-state index in [9.17, 15) is 9.90 Å². The molecule has 0 bridgehead atoms. The molecule has 2 rings (SSSR count). The number of hydrogen-bond donors (Lipinski definition) is 1. The molecule has 1 aliphatic heterocycles. The fraction of sp³-hybridized carbons (Fsp3) is 0.400. The van der Waals surface area contributed by atoms with E-state index in [0.717, 1.165) is 5.56 Å². The van der Waals surface area contributed by atoms with Gasteiger partial charge in [-0.2, -0.15) is 0 Å². The molecule has 0 spiro atoms. The van der Waals surface area contributed by atoms with Crippen molar-refractivity contribution in [2.24, 2.45) is 0 Å². The Morgan fingerprint density at radius 3 is 3.05 bits per heavy atom. The summed E-state index contributed by atoms with van der Waals surface area (Å²) in [4.78, 5) is 11.8. The van der Waals surface area contributed by atoms with Crippen LogP contribution in [-0.4, -0.2) is 24.3 Å². The molecule has 0 aliphatic carbocycles. The second kappa shape index (κ2) is 5.23. The van der Waals surface area contributed by atoms with E-state index in [-0.39, 0.29) is 18.1 Å². The van der Waals surface area contributed by atoms with Crippen molar-refractivity contribution in [3.8, 4) is 23.3 Å². The summed E-state index contributed by atoms with van der Waals surface area (Å²) in [5.74, 6) is 6.33. The number of ether oxygens (including phenoxy) is 2. The Balaban J connectivity index is 2.38. The Kier molecular flexibility index (Phi) is 3.66. The van der Waals surface area contributed by atoms with E-state index in [1.807, 2.05) is 0 Å². The third kappa shape index (κ3) is 2.50. The highest BCUT2D eigenvalue weighted by molar-refractivity contribution is 5.74. The van der Waals surface area contributed by atoms with Crippen molar-refractivity contribution in [2.75, 3.05) is 13.2 Å². The molecule has 0 radical (unpaired) electrons. The predicted octanol–water partition coefficient (Wildman–Crippen LogP) is 2.00. The van der Waals surface area contributed by atoms with Gasteiger partial charge in [-0.05, 0) is 26.0 Å². The van der Waals surface area contributed by atoms with E-state index in [2.05, 4.69) is 11.8 Å². The van der Waals surface area contributed by atoms with Crippen molar-refractivity contribution < 1.29 is 19.4 Å². The molecule has 1 aromatic rings. The number of fused-ring (bicyclic) bond motifs is 1. The molecule has 1 N–H and O–H groups in total. The summed E-state index contributed by atoms with van der Waals surface area (Å²) in [6.07, 6.45) is 0.152. The van der Waals surface area contributed by atoms with Crippen LogP contribution in [0.2, 0.25) is 0 Å². The highest BCUT2D eigenvalue weighted by Gasteiger charge is 2.42. The summed E-state index contributed by atoms with van der Waals surface area (Å²) in [5, 5.41) is 9.45. The smallest absolute Gasteiger partial charge is 0.307 e. The number of rotatable bonds is 3. The maximum atomic E-state index is 11.8. The van der Waals surface area contributed by atoms with Crippen LogP contribution in [0, 0.1) is 11.8 Å². The van der Waals surface area contributed by atoms with E-state index in [1.54, 1.807) is 32.0 Å². The van der Waals surface area contributed by atoms with Gasteiger partial charge in [-0.3, -0.25) is 4.79 Å². The lowest BCUT2D eigenvalue weighted by atomic mass is 9.80. The Morgan fingerprint density at radius 2 is 2.37 bits per heavy atom. The Hall–Kier alpha value is -2.15. The molecular weight excluding hydrogens is 244 g/mol. The molecule has 0 fully saturated rings. The number of phenols is 1. The van der Waals surface area contributed by atoms with E-state index in [1.165, 1.54) is 0 Å². The number of benzene rings is 1. The Morgan fingerprint density at radius 1 is 1.58 bits per heavy atom. The molecule has 1 aliphatic rings. The fourth-order valence-electron chi connectivity index (χ4n) is 2.30. The van der Waals surface area contributed by atoms with Crippen LogP contribution in [0.1, 0.15) is 25.8 Å². The average Bonchev–Trinajstić information content (AvgIpc) is 2.68. The van der Waals surface area contributed by atoms with Crippen LogP contribution in [0.5, 0.6) is 11.5 Å². The molecule has 1 aromatic carbocycles. The van der Waals surface area contributed by atoms with Crippen LogP contribution >= 0.6 is 0 Å². The van der Waals surface area contributed by atoms with Crippen molar-refractivity contribution in [1.82, 2.24) is 0 Å². The molecule has 100 valence electrons. The summed E-state index contributed by atoms with van der Waals surface area (Å²) in [6.45, 7) is 4.14. The minimum atomic E-state index is -0.677. The first kappa shape index (κ1) is 13.3. The second-order valence-electron chi connectivity index (χ2n) is 4.41. The molecule has 1 unspecified atom stereocenters. The molecule has 4 nitrogen and oxygen atoms in total. The summed E-state index contributed by atoms with van der Waals surface area (Å²) < 4.78 is 10.6. The lowest BCUT2D eigenvalue weighted by molar-refractivity contribution is -0.144. The number of aromatic hydroxyl groups is 1. The van der Waals surface area contributed by atoms with Gasteiger partial charge in [0.15, 0.2) is 0 Å². The molecule has 1 atom stereocenters. The first-order valence-electron chi connectivity index (χ1n) is 6.17. The lowest BCUT2D eigenvalue weighted by Gasteiger charge is -2.20. The van der Waals surface area contributed by atoms with Gasteiger partial charge in [0.2, 0.25) is 0 Å². The number of carbonyl (C=O) groups excluding carboxylic acids is 1. The number of hydrogen-bond acceptors (Lipinski definition) is 4. The fourth-order valence-corrected chi connectivity index (χ4v) is 2.30. The quantitative estimate of drug-likeness (QED) is 0.667. The van der Waals surface area contributed by atoms with Gasteiger partial charge >= 0.3 is 5.97 Å². The van der Waals surface area contributed by atoms with Crippen molar-refractivity contribution in [1.29, 1.82) is 0 Å². The zero-order valence-electron chi connectivity index (χ0n) is 11.0. The van der Waals surface area contributed by atoms with Crippen LogP contribution in [0.25, 0.3) is 0 Å². The first-order valence-corrected chi connectivity index (χ1v) is 6.17. The molecule has 4 heteroatoms. The minimum absolute atomic E-state index is 0.134. The van der Waals surface area contributed by atoms with Gasteiger partial charge in [0.1, 0.15) is 23.5 Å².